The second-order valence-electron chi connectivity index (χ2n) is 5.91. The van der Waals surface area contributed by atoms with Gasteiger partial charge in [0.15, 0.2) is 0 Å². The molecule has 2 aromatic carbocycles. The minimum atomic E-state index is -0.552. The van der Waals surface area contributed by atoms with Gasteiger partial charge in [-0.3, -0.25) is 9.69 Å². The molecule has 1 aliphatic rings. The zero-order valence-corrected chi connectivity index (χ0v) is 18.0. The molecular weight excluding hydrogens is 411 g/mol. The Kier molecular flexibility index (Phi) is 7.11. The first kappa shape index (κ1) is 20.8. The van der Waals surface area contributed by atoms with Crippen LogP contribution in [0.4, 0.5) is 14.9 Å². The van der Waals surface area contributed by atoms with Crippen LogP contribution >= 0.6 is 0 Å². The molecule has 0 unspecified atom stereocenters. The average Bonchev–Trinajstić information content (AvgIpc) is 2.95. The van der Waals surface area contributed by atoms with Gasteiger partial charge in [0, 0.05) is 12.5 Å². The van der Waals surface area contributed by atoms with E-state index in [9.17, 15) is 14.0 Å². The summed E-state index contributed by atoms with van der Waals surface area (Å²) in [6.45, 7) is 5.69. The molecule has 0 aromatic heterocycles. The van der Waals surface area contributed by atoms with Crippen LogP contribution in [0.1, 0.15) is 13.9 Å². The topological polar surface area (TPSA) is 58.6 Å². The van der Waals surface area contributed by atoms with E-state index in [1.807, 2.05) is 12.1 Å². The number of rotatable bonds is 4. The summed E-state index contributed by atoms with van der Waals surface area (Å²) in [4.78, 5) is 24.3. The normalized spacial score (nSPS) is 16.0. The van der Waals surface area contributed by atoms with E-state index in [0.717, 1.165) is 11.1 Å². The summed E-state index contributed by atoms with van der Waals surface area (Å²) >= 11 is 0. The molecule has 5 nitrogen and oxygen atoms in total. The number of benzene rings is 2. The second kappa shape index (κ2) is 8.90. The summed E-state index contributed by atoms with van der Waals surface area (Å²) in [5.41, 5.74) is 2.46. The van der Waals surface area contributed by atoms with Crippen molar-refractivity contribution < 1.29 is 20.1 Å². The van der Waals surface area contributed by atoms with E-state index in [0.29, 0.717) is 11.3 Å². The molecule has 7 heteroatoms. The number of cyclic esters (lactones) is 1. The van der Waals surface area contributed by atoms with Crippen molar-refractivity contribution in [3.8, 4) is 11.1 Å². The smallest absolute Gasteiger partial charge is 1.00 e. The van der Waals surface area contributed by atoms with Crippen LogP contribution in [0.2, 0.25) is 0 Å². The number of carbonyl (C=O) groups excluding carboxylic acids is 2. The molecule has 1 N–H and O–H groups in total. The van der Waals surface area contributed by atoms with Crippen molar-refractivity contribution in [2.24, 2.45) is 0 Å². The van der Waals surface area contributed by atoms with Gasteiger partial charge < -0.3 is 11.5 Å². The molecule has 1 fully saturated rings. The number of hydrogen-bond acceptors (Lipinski definition) is 3. The van der Waals surface area contributed by atoms with Gasteiger partial charge >= 0.3 is 51.6 Å². The van der Waals surface area contributed by atoms with Crippen molar-refractivity contribution in [2.45, 2.75) is 13.0 Å². The van der Waals surface area contributed by atoms with Gasteiger partial charge in [0.2, 0.25) is 5.91 Å². The summed E-state index contributed by atoms with van der Waals surface area (Å²) in [7, 11) is 0. The van der Waals surface area contributed by atoms with Crippen LogP contribution < -0.4 is 10.2 Å². The molecular formula is C19H19FN2O3Sr. The maximum atomic E-state index is 14.5. The Labute approximate surface area is 190 Å². The molecule has 0 spiro atoms. The third kappa shape index (κ3) is 4.79. The van der Waals surface area contributed by atoms with Crippen LogP contribution in [-0.4, -0.2) is 76.7 Å². The number of nitrogens with one attached hydrogen (secondary N) is 1. The molecule has 1 heterocycles. The van der Waals surface area contributed by atoms with Crippen molar-refractivity contribution in [3.63, 3.8) is 0 Å². The molecule has 0 radical (unpaired) electrons. The molecule has 1 saturated heterocycles. The standard InChI is InChI=1S/C19H18FN2O3.Sr.H/c1-12-3-5-14(6-4-12)17-8-7-15(9-18(17)20)22-11-16(25-19(22)24)10-21-13(2)23;;/h3-9,16H,1,10-11H2,2H3,(H,21,23);;/q-1;+2;-1/t16-;;/m0../s1. The SMILES string of the molecule is [CH2-]c1ccc(-c2ccc(N3C[C@H](CNC(C)=O)OC3=O)cc2F)cc1.[H-].[Sr+2]. The third-order valence-corrected chi connectivity index (χ3v) is 3.98. The second-order valence-corrected chi connectivity index (χ2v) is 5.91. The Bertz CT molecular complexity index is 817. The molecule has 1 aliphatic heterocycles. The Morgan fingerprint density at radius 3 is 2.65 bits per heavy atom. The molecule has 132 valence electrons. The maximum absolute atomic E-state index is 14.5. The Morgan fingerprint density at radius 2 is 2.04 bits per heavy atom. The Balaban J connectivity index is 0.00000182. The number of amides is 2. The molecule has 2 amide bonds. The molecule has 0 bridgehead atoms. The van der Waals surface area contributed by atoms with Crippen molar-refractivity contribution in [1.29, 1.82) is 0 Å². The summed E-state index contributed by atoms with van der Waals surface area (Å²) in [6, 6.07) is 11.9. The van der Waals surface area contributed by atoms with Crippen LogP contribution in [0.15, 0.2) is 42.5 Å². The van der Waals surface area contributed by atoms with Gasteiger partial charge in [-0.25, -0.2) is 9.18 Å². The predicted octanol–water partition coefficient (Wildman–Crippen LogP) is 2.87. The summed E-state index contributed by atoms with van der Waals surface area (Å²) < 4.78 is 19.7. The summed E-state index contributed by atoms with van der Waals surface area (Å²) in [6.07, 6.45) is -1.01. The molecule has 0 saturated carbocycles. The zero-order valence-electron chi connectivity index (χ0n) is 15.5. The van der Waals surface area contributed by atoms with Crippen LogP contribution in [0.5, 0.6) is 0 Å². The van der Waals surface area contributed by atoms with Crippen LogP contribution in [-0.2, 0) is 9.53 Å². The maximum Gasteiger partial charge on any atom is 2.00 e. The Hall–Kier alpha value is -1.54. The van der Waals surface area contributed by atoms with E-state index in [1.54, 1.807) is 24.3 Å². The van der Waals surface area contributed by atoms with E-state index >= 15 is 0 Å². The zero-order chi connectivity index (χ0) is 18.0. The van der Waals surface area contributed by atoms with Gasteiger partial charge in [0.25, 0.3) is 0 Å². The summed E-state index contributed by atoms with van der Waals surface area (Å²) in [5.74, 6) is -0.620. The van der Waals surface area contributed by atoms with E-state index in [2.05, 4.69) is 12.2 Å². The number of ether oxygens (including phenoxy) is 1. The van der Waals surface area contributed by atoms with E-state index in [4.69, 9.17) is 4.74 Å². The number of nitrogens with zero attached hydrogens (tertiary/aromatic N) is 1. The first-order chi connectivity index (χ1) is 11.9. The fourth-order valence-electron chi connectivity index (χ4n) is 2.69. The molecule has 3 rings (SSSR count). The van der Waals surface area contributed by atoms with Crippen LogP contribution in [0, 0.1) is 12.7 Å². The van der Waals surface area contributed by atoms with Gasteiger partial charge in [-0.05, 0) is 23.8 Å². The fraction of sp³-hybridized carbons (Fsp3) is 0.211. The minimum Gasteiger partial charge on any atom is -1.00 e. The summed E-state index contributed by atoms with van der Waals surface area (Å²) in [5, 5.41) is 2.60. The first-order valence-corrected chi connectivity index (χ1v) is 7.88. The average molecular weight is 430 g/mol. The van der Waals surface area contributed by atoms with Gasteiger partial charge in [-0.15, -0.1) is 12.1 Å². The Morgan fingerprint density at radius 1 is 1.35 bits per heavy atom. The quantitative estimate of drug-likeness (QED) is 0.600. The number of carbonyl (C=O) groups is 2. The van der Waals surface area contributed by atoms with Crippen molar-refractivity contribution >= 4 is 63.2 Å². The monoisotopic (exact) mass is 430 g/mol. The van der Waals surface area contributed by atoms with Gasteiger partial charge in [-0.2, -0.15) is 24.6 Å². The molecule has 0 aliphatic carbocycles. The number of hydrogen-bond donors (Lipinski definition) is 1. The molecule has 1 atom stereocenters. The first-order valence-electron chi connectivity index (χ1n) is 7.88. The fourth-order valence-corrected chi connectivity index (χ4v) is 2.69. The van der Waals surface area contributed by atoms with Crippen LogP contribution in [0.3, 0.4) is 0 Å². The van der Waals surface area contributed by atoms with Gasteiger partial charge in [0.05, 0.1) is 18.8 Å². The van der Waals surface area contributed by atoms with Gasteiger partial charge in [-0.1, -0.05) is 0 Å². The predicted molar refractivity (Wildman–Crippen MR) is 99.5 cm³/mol. The largest absolute Gasteiger partial charge is 2.00 e. The number of halogens is 1. The van der Waals surface area contributed by atoms with E-state index in [-0.39, 0.29) is 65.9 Å². The number of anilines is 1. The third-order valence-electron chi connectivity index (χ3n) is 3.98. The molecule has 2 aromatic rings. The van der Waals surface area contributed by atoms with Crippen molar-refractivity contribution in [2.75, 3.05) is 18.0 Å². The van der Waals surface area contributed by atoms with Gasteiger partial charge in [0.1, 0.15) is 11.9 Å². The molecule has 26 heavy (non-hydrogen) atoms. The van der Waals surface area contributed by atoms with E-state index in [1.165, 1.54) is 17.9 Å². The van der Waals surface area contributed by atoms with Crippen molar-refractivity contribution in [1.82, 2.24) is 5.32 Å². The van der Waals surface area contributed by atoms with Crippen LogP contribution in [0.25, 0.3) is 11.1 Å². The van der Waals surface area contributed by atoms with E-state index < -0.39 is 18.0 Å². The minimum absolute atomic E-state index is 0. The van der Waals surface area contributed by atoms with Crippen molar-refractivity contribution in [3.05, 3.63) is 60.8 Å².